The van der Waals surface area contributed by atoms with E-state index in [1.54, 1.807) is 13.0 Å². The van der Waals surface area contributed by atoms with Gasteiger partial charge in [0.05, 0.1) is 17.6 Å². The number of hydrogen-bond donors (Lipinski definition) is 0. The number of allylic oxidation sites excluding steroid dienone is 1. The predicted molar refractivity (Wildman–Crippen MR) is 103 cm³/mol. The van der Waals surface area contributed by atoms with E-state index in [0.717, 1.165) is 29.8 Å². The van der Waals surface area contributed by atoms with E-state index in [2.05, 4.69) is 44.9 Å². The van der Waals surface area contributed by atoms with Gasteiger partial charge in [0, 0.05) is 5.41 Å². The van der Waals surface area contributed by atoms with Crippen LogP contribution in [-0.2, 0) is 10.2 Å². The maximum absolute atomic E-state index is 11.0. The Morgan fingerprint density at radius 3 is 2.36 bits per heavy atom. The molecule has 25 heavy (non-hydrogen) atoms. The molecule has 0 aliphatic rings. The average molecular weight is 339 g/mol. The van der Waals surface area contributed by atoms with Crippen molar-refractivity contribution in [3.8, 4) is 5.69 Å². The lowest BCUT2D eigenvalue weighted by Crippen LogP contribution is -2.26. The number of nitrogens with zero attached hydrogens (tertiary/aromatic N) is 3. The number of rotatable bonds is 7. The van der Waals surface area contributed by atoms with Crippen LogP contribution in [0.2, 0.25) is 0 Å². The van der Waals surface area contributed by atoms with Crippen LogP contribution < -0.4 is 0 Å². The summed E-state index contributed by atoms with van der Waals surface area (Å²) in [7, 11) is 0. The summed E-state index contributed by atoms with van der Waals surface area (Å²) < 4.78 is 1.81. The van der Waals surface area contributed by atoms with Crippen LogP contribution in [0.4, 0.5) is 0 Å². The van der Waals surface area contributed by atoms with Gasteiger partial charge in [0.1, 0.15) is 0 Å². The molecule has 0 unspecified atom stereocenters. The highest BCUT2D eigenvalue weighted by atomic mass is 16.1. The molecule has 2 rings (SSSR count). The summed E-state index contributed by atoms with van der Waals surface area (Å²) in [5, 5.41) is 8.73. The maximum Gasteiger partial charge on any atom is 0.152 e. The molecule has 4 heteroatoms. The second-order valence-corrected chi connectivity index (χ2v) is 8.16. The summed E-state index contributed by atoms with van der Waals surface area (Å²) in [6.45, 7) is 12.8. The van der Waals surface area contributed by atoms with Gasteiger partial charge in [-0.3, -0.25) is 4.79 Å². The number of hydrogen-bond acceptors (Lipinski definition) is 3. The Labute approximate surface area is 150 Å². The zero-order valence-electron chi connectivity index (χ0n) is 16.2. The van der Waals surface area contributed by atoms with Gasteiger partial charge >= 0.3 is 0 Å². The fourth-order valence-corrected chi connectivity index (χ4v) is 3.06. The van der Waals surface area contributed by atoms with Gasteiger partial charge in [0.2, 0.25) is 0 Å². The van der Waals surface area contributed by atoms with Crippen molar-refractivity contribution in [2.45, 2.75) is 59.8 Å². The highest BCUT2D eigenvalue weighted by molar-refractivity contribution is 5.91. The van der Waals surface area contributed by atoms with Gasteiger partial charge in [-0.05, 0) is 42.5 Å². The third-order valence-electron chi connectivity index (χ3n) is 4.73. The fourth-order valence-electron chi connectivity index (χ4n) is 3.06. The molecule has 2 aromatic rings. The highest BCUT2D eigenvalue weighted by Crippen LogP contribution is 2.37. The third-order valence-corrected chi connectivity index (χ3v) is 4.73. The van der Waals surface area contributed by atoms with Crippen LogP contribution in [0.3, 0.4) is 0 Å². The normalized spacial score (nSPS) is 12.7. The second-order valence-electron chi connectivity index (χ2n) is 8.16. The number of ketones is 1. The molecule has 0 atom stereocenters. The zero-order chi connectivity index (χ0) is 18.7. The molecule has 0 radical (unpaired) electrons. The standard InChI is InChI=1S/C21H29N3O/c1-7-20(3,4)15-21(5,6)19-14-24(23-22-19)18-12-10-17(11-13-18)9-8-16(2)25/h8-14H,7,15H2,1-6H3. The Bertz CT molecular complexity index is 752. The van der Waals surface area contributed by atoms with Crippen molar-refractivity contribution in [1.82, 2.24) is 15.0 Å². The number of benzene rings is 1. The molecule has 0 N–H and O–H groups in total. The minimum Gasteiger partial charge on any atom is -0.295 e. The molecule has 134 valence electrons. The van der Waals surface area contributed by atoms with Crippen molar-refractivity contribution in [2.75, 3.05) is 0 Å². The van der Waals surface area contributed by atoms with E-state index in [-0.39, 0.29) is 16.6 Å². The van der Waals surface area contributed by atoms with Crippen LogP contribution in [-0.4, -0.2) is 20.8 Å². The van der Waals surface area contributed by atoms with Gasteiger partial charge in [-0.25, -0.2) is 4.68 Å². The molecule has 0 spiro atoms. The van der Waals surface area contributed by atoms with Crippen LogP contribution in [0.15, 0.2) is 36.5 Å². The lowest BCUT2D eigenvalue weighted by atomic mass is 9.72. The molecular weight excluding hydrogens is 310 g/mol. The van der Waals surface area contributed by atoms with E-state index in [0.29, 0.717) is 0 Å². The van der Waals surface area contributed by atoms with E-state index in [1.807, 2.05) is 41.2 Å². The van der Waals surface area contributed by atoms with Crippen molar-refractivity contribution < 1.29 is 4.79 Å². The average Bonchev–Trinajstić information content (AvgIpc) is 3.03. The first-order chi connectivity index (χ1) is 11.6. The van der Waals surface area contributed by atoms with Gasteiger partial charge in [-0.2, -0.15) is 0 Å². The molecule has 0 aliphatic carbocycles. The van der Waals surface area contributed by atoms with Crippen molar-refractivity contribution in [2.24, 2.45) is 5.41 Å². The summed E-state index contributed by atoms with van der Waals surface area (Å²) in [6.07, 6.45) is 7.60. The monoisotopic (exact) mass is 339 g/mol. The van der Waals surface area contributed by atoms with Crippen LogP contribution in [0.25, 0.3) is 11.8 Å². The van der Waals surface area contributed by atoms with Crippen molar-refractivity contribution in [3.05, 3.63) is 47.8 Å². The van der Waals surface area contributed by atoms with E-state index < -0.39 is 0 Å². The topological polar surface area (TPSA) is 47.8 Å². The molecule has 4 nitrogen and oxygen atoms in total. The molecule has 1 heterocycles. The number of carbonyl (C=O) groups excluding carboxylic acids is 1. The fraction of sp³-hybridized carbons (Fsp3) is 0.476. The van der Waals surface area contributed by atoms with E-state index in [9.17, 15) is 4.79 Å². The molecule has 0 bridgehead atoms. The lowest BCUT2D eigenvalue weighted by Gasteiger charge is -2.32. The minimum absolute atomic E-state index is 0.0259. The van der Waals surface area contributed by atoms with Crippen LogP contribution >= 0.6 is 0 Å². The van der Waals surface area contributed by atoms with E-state index in [1.165, 1.54) is 0 Å². The first kappa shape index (κ1) is 19.1. The molecule has 0 aliphatic heterocycles. The Morgan fingerprint density at radius 2 is 1.80 bits per heavy atom. The zero-order valence-corrected chi connectivity index (χ0v) is 16.2. The number of carbonyl (C=O) groups is 1. The van der Waals surface area contributed by atoms with Crippen molar-refractivity contribution >= 4 is 11.9 Å². The van der Waals surface area contributed by atoms with Crippen LogP contribution in [0.5, 0.6) is 0 Å². The van der Waals surface area contributed by atoms with Gasteiger partial charge in [0.25, 0.3) is 0 Å². The van der Waals surface area contributed by atoms with Crippen molar-refractivity contribution in [1.29, 1.82) is 0 Å². The quantitative estimate of drug-likeness (QED) is 0.669. The Morgan fingerprint density at radius 1 is 1.16 bits per heavy atom. The SMILES string of the molecule is CCC(C)(C)CC(C)(C)c1cn(-c2ccc(C=CC(C)=O)cc2)nn1. The van der Waals surface area contributed by atoms with Gasteiger partial charge in [-0.1, -0.05) is 64.5 Å². The molecular formula is C21H29N3O. The minimum atomic E-state index is -0.0259. The van der Waals surface area contributed by atoms with Gasteiger partial charge < -0.3 is 0 Å². The Balaban J connectivity index is 2.19. The first-order valence-corrected chi connectivity index (χ1v) is 8.85. The molecule has 0 saturated heterocycles. The van der Waals surface area contributed by atoms with Crippen LogP contribution in [0.1, 0.15) is 65.6 Å². The molecule has 0 saturated carbocycles. The van der Waals surface area contributed by atoms with Gasteiger partial charge in [0.15, 0.2) is 5.78 Å². The molecule has 1 aromatic heterocycles. The molecule has 0 fully saturated rings. The summed E-state index contributed by atoms with van der Waals surface area (Å²) in [6, 6.07) is 7.92. The Kier molecular flexibility index (Phi) is 5.61. The third kappa shape index (κ3) is 5.12. The van der Waals surface area contributed by atoms with Gasteiger partial charge in [-0.15, -0.1) is 5.10 Å². The second kappa shape index (κ2) is 7.34. The smallest absolute Gasteiger partial charge is 0.152 e. The summed E-state index contributed by atoms with van der Waals surface area (Å²) in [4.78, 5) is 11.0. The molecule has 0 amide bonds. The molecule has 1 aromatic carbocycles. The first-order valence-electron chi connectivity index (χ1n) is 8.85. The predicted octanol–water partition coefficient (Wildman–Crippen LogP) is 4.97. The summed E-state index contributed by atoms with van der Waals surface area (Å²) in [5.74, 6) is 0.0437. The lowest BCUT2D eigenvalue weighted by molar-refractivity contribution is -0.112. The summed E-state index contributed by atoms with van der Waals surface area (Å²) in [5.41, 5.74) is 3.21. The van der Waals surface area contributed by atoms with E-state index >= 15 is 0 Å². The Hall–Kier alpha value is -2.23. The van der Waals surface area contributed by atoms with Crippen molar-refractivity contribution in [3.63, 3.8) is 0 Å². The van der Waals surface area contributed by atoms with Crippen LogP contribution in [0, 0.1) is 5.41 Å². The highest BCUT2D eigenvalue weighted by Gasteiger charge is 2.31. The number of aromatic nitrogens is 3. The largest absolute Gasteiger partial charge is 0.295 e. The van der Waals surface area contributed by atoms with E-state index in [4.69, 9.17) is 0 Å². The maximum atomic E-state index is 11.0. The summed E-state index contributed by atoms with van der Waals surface area (Å²) >= 11 is 0.